The summed E-state index contributed by atoms with van der Waals surface area (Å²) < 4.78 is 0. The van der Waals surface area contributed by atoms with Gasteiger partial charge in [0.1, 0.15) is 0 Å². The van der Waals surface area contributed by atoms with Crippen LogP contribution in [0.25, 0.3) is 0 Å². The first kappa shape index (κ1) is 10.6. The molecule has 4 heteroatoms. The van der Waals surface area contributed by atoms with Crippen LogP contribution >= 0.6 is 11.3 Å². The summed E-state index contributed by atoms with van der Waals surface area (Å²) >= 11 is 1.50. The van der Waals surface area contributed by atoms with E-state index in [1.807, 2.05) is 11.4 Å². The summed E-state index contributed by atoms with van der Waals surface area (Å²) in [6.07, 6.45) is 1.26. The predicted molar refractivity (Wildman–Crippen MR) is 60.2 cm³/mol. The molecule has 1 aromatic rings. The van der Waals surface area contributed by atoms with Crippen LogP contribution < -0.4 is 0 Å². The molecule has 0 radical (unpaired) electrons. The quantitative estimate of drug-likeness (QED) is 0.829. The first-order valence-electron chi connectivity index (χ1n) is 5.26. The van der Waals surface area contributed by atoms with Gasteiger partial charge in [-0.3, -0.25) is 4.79 Å². The van der Waals surface area contributed by atoms with Gasteiger partial charge in [0.05, 0.1) is 11.0 Å². The molecule has 0 aliphatic carbocycles. The normalized spacial score (nSPS) is 20.9. The fourth-order valence-electron chi connectivity index (χ4n) is 1.87. The molecule has 82 valence electrons. The van der Waals surface area contributed by atoms with E-state index in [2.05, 4.69) is 6.92 Å². The molecule has 1 aliphatic rings. The predicted octanol–water partition coefficient (Wildman–Crippen LogP) is 1.52. The highest BCUT2D eigenvalue weighted by Crippen LogP contribution is 2.21. The molecule has 1 amide bonds. The maximum Gasteiger partial charge on any atom is 0.264 e. The number of hydrogen-bond donors (Lipinski definition) is 1. The summed E-state index contributed by atoms with van der Waals surface area (Å²) in [5.74, 6) is 0.0819. The third-order valence-electron chi connectivity index (χ3n) is 2.77. The Balaban J connectivity index is 2.14. The van der Waals surface area contributed by atoms with Gasteiger partial charge in [-0.1, -0.05) is 6.92 Å². The highest BCUT2D eigenvalue weighted by Gasteiger charge is 2.26. The van der Waals surface area contributed by atoms with E-state index < -0.39 is 0 Å². The molecule has 15 heavy (non-hydrogen) atoms. The van der Waals surface area contributed by atoms with Crippen molar-refractivity contribution in [2.75, 3.05) is 13.1 Å². The molecule has 1 aromatic heterocycles. The Morgan fingerprint density at radius 2 is 2.53 bits per heavy atom. The first-order chi connectivity index (χ1) is 7.22. The van der Waals surface area contributed by atoms with Crippen LogP contribution in [0.1, 0.15) is 28.6 Å². The lowest BCUT2D eigenvalue weighted by atomic mass is 10.2. The summed E-state index contributed by atoms with van der Waals surface area (Å²) in [5.41, 5.74) is 1.12. The number of likely N-dealkylation sites (tertiary alicyclic amines) is 1. The molecule has 1 aliphatic heterocycles. The van der Waals surface area contributed by atoms with Crippen LogP contribution in [0.3, 0.4) is 0 Å². The average molecular weight is 225 g/mol. The molecule has 1 fully saturated rings. The molecule has 0 spiro atoms. The van der Waals surface area contributed by atoms with Crippen molar-refractivity contribution in [1.82, 2.24) is 4.90 Å². The van der Waals surface area contributed by atoms with E-state index in [4.69, 9.17) is 0 Å². The number of thiophene rings is 1. The number of β-amino-alcohol motifs (C(OH)–C–C–N with tert-alkyl or cyclic N) is 1. The number of aryl methyl sites for hydroxylation is 1. The number of carbonyl (C=O) groups excluding carboxylic acids is 1. The largest absolute Gasteiger partial charge is 0.391 e. The van der Waals surface area contributed by atoms with Gasteiger partial charge in [0.25, 0.3) is 5.91 Å². The lowest BCUT2D eigenvalue weighted by Gasteiger charge is -2.15. The summed E-state index contributed by atoms with van der Waals surface area (Å²) in [7, 11) is 0. The maximum atomic E-state index is 12.1. The van der Waals surface area contributed by atoms with Crippen molar-refractivity contribution in [3.8, 4) is 0 Å². The monoisotopic (exact) mass is 225 g/mol. The van der Waals surface area contributed by atoms with Crippen LogP contribution in [-0.2, 0) is 6.42 Å². The smallest absolute Gasteiger partial charge is 0.264 e. The molecular formula is C11H15NO2S. The third kappa shape index (κ3) is 2.06. The van der Waals surface area contributed by atoms with Gasteiger partial charge in [-0.15, -0.1) is 11.3 Å². The fourth-order valence-corrected chi connectivity index (χ4v) is 2.83. The molecule has 0 aromatic carbocycles. The Labute approximate surface area is 93.3 Å². The van der Waals surface area contributed by atoms with E-state index >= 15 is 0 Å². The van der Waals surface area contributed by atoms with Crippen molar-refractivity contribution in [3.05, 3.63) is 21.9 Å². The molecule has 2 rings (SSSR count). The van der Waals surface area contributed by atoms with Crippen molar-refractivity contribution < 1.29 is 9.90 Å². The number of rotatable bonds is 2. The highest BCUT2D eigenvalue weighted by molar-refractivity contribution is 7.12. The van der Waals surface area contributed by atoms with Crippen LogP contribution in [0.2, 0.25) is 0 Å². The summed E-state index contributed by atoms with van der Waals surface area (Å²) in [4.78, 5) is 14.6. The van der Waals surface area contributed by atoms with E-state index in [0.717, 1.165) is 16.9 Å². The Morgan fingerprint density at radius 1 is 1.73 bits per heavy atom. The van der Waals surface area contributed by atoms with E-state index in [0.29, 0.717) is 19.5 Å². The van der Waals surface area contributed by atoms with E-state index in [-0.39, 0.29) is 12.0 Å². The second-order valence-electron chi connectivity index (χ2n) is 3.82. The summed E-state index contributed by atoms with van der Waals surface area (Å²) in [5, 5.41) is 11.3. The van der Waals surface area contributed by atoms with Gasteiger partial charge in [0.2, 0.25) is 0 Å². The standard InChI is InChI=1S/C11H15NO2S/c1-2-8-4-6-15-10(8)11(14)12-5-3-9(13)7-12/h4,6,9,13H,2-3,5,7H2,1H3/t9-/m1/s1. The SMILES string of the molecule is CCc1ccsc1C(=O)N1CC[C@@H](O)C1. The van der Waals surface area contributed by atoms with E-state index in [9.17, 15) is 9.90 Å². The molecule has 3 nitrogen and oxygen atoms in total. The minimum absolute atomic E-state index is 0.0819. The van der Waals surface area contributed by atoms with Crippen molar-refractivity contribution in [1.29, 1.82) is 0 Å². The van der Waals surface area contributed by atoms with Gasteiger partial charge < -0.3 is 10.0 Å². The zero-order chi connectivity index (χ0) is 10.8. The van der Waals surface area contributed by atoms with E-state index in [1.165, 1.54) is 11.3 Å². The number of amides is 1. The number of hydrogen-bond acceptors (Lipinski definition) is 3. The second-order valence-corrected chi connectivity index (χ2v) is 4.74. The maximum absolute atomic E-state index is 12.1. The number of aliphatic hydroxyl groups is 1. The van der Waals surface area contributed by atoms with Crippen molar-refractivity contribution in [2.24, 2.45) is 0 Å². The Bertz CT molecular complexity index is 361. The zero-order valence-electron chi connectivity index (χ0n) is 8.77. The minimum Gasteiger partial charge on any atom is -0.391 e. The average Bonchev–Trinajstić information content (AvgIpc) is 2.84. The lowest BCUT2D eigenvalue weighted by molar-refractivity contribution is 0.0769. The van der Waals surface area contributed by atoms with Crippen LogP contribution in [0, 0.1) is 0 Å². The fraction of sp³-hybridized carbons (Fsp3) is 0.545. The van der Waals surface area contributed by atoms with Crippen molar-refractivity contribution in [3.63, 3.8) is 0 Å². The molecule has 1 saturated heterocycles. The van der Waals surface area contributed by atoms with Gasteiger partial charge >= 0.3 is 0 Å². The van der Waals surface area contributed by atoms with Crippen LogP contribution in [-0.4, -0.2) is 35.1 Å². The molecule has 0 saturated carbocycles. The van der Waals surface area contributed by atoms with Crippen molar-refractivity contribution in [2.45, 2.75) is 25.9 Å². The minimum atomic E-state index is -0.334. The molecule has 0 bridgehead atoms. The van der Waals surface area contributed by atoms with Crippen molar-refractivity contribution >= 4 is 17.2 Å². The lowest BCUT2D eigenvalue weighted by Crippen LogP contribution is -2.29. The zero-order valence-corrected chi connectivity index (χ0v) is 9.59. The molecule has 0 unspecified atom stereocenters. The Kier molecular flexibility index (Phi) is 3.07. The van der Waals surface area contributed by atoms with Gasteiger partial charge in [-0.2, -0.15) is 0 Å². The van der Waals surface area contributed by atoms with Gasteiger partial charge in [-0.25, -0.2) is 0 Å². The van der Waals surface area contributed by atoms with Gasteiger partial charge in [-0.05, 0) is 29.9 Å². The van der Waals surface area contributed by atoms with E-state index in [1.54, 1.807) is 4.90 Å². The molecule has 1 atom stereocenters. The van der Waals surface area contributed by atoms with Crippen LogP contribution in [0.15, 0.2) is 11.4 Å². The Morgan fingerprint density at radius 3 is 3.13 bits per heavy atom. The first-order valence-corrected chi connectivity index (χ1v) is 6.14. The van der Waals surface area contributed by atoms with Gasteiger partial charge in [0, 0.05) is 13.1 Å². The Hall–Kier alpha value is -0.870. The third-order valence-corrected chi connectivity index (χ3v) is 3.72. The molecular weight excluding hydrogens is 210 g/mol. The second kappa shape index (κ2) is 4.33. The number of aliphatic hydroxyl groups excluding tert-OH is 1. The summed E-state index contributed by atoms with van der Waals surface area (Å²) in [6.45, 7) is 3.22. The number of carbonyl (C=O) groups is 1. The molecule has 2 heterocycles. The van der Waals surface area contributed by atoms with Gasteiger partial charge in [0.15, 0.2) is 0 Å². The van der Waals surface area contributed by atoms with Crippen LogP contribution in [0.4, 0.5) is 0 Å². The molecule has 1 N–H and O–H groups in total. The van der Waals surface area contributed by atoms with Crippen LogP contribution in [0.5, 0.6) is 0 Å². The number of nitrogens with zero attached hydrogens (tertiary/aromatic N) is 1. The highest BCUT2D eigenvalue weighted by atomic mass is 32.1. The summed E-state index contributed by atoms with van der Waals surface area (Å²) in [6, 6.07) is 2.00. The topological polar surface area (TPSA) is 40.5 Å².